The number of nitrogens with zero attached hydrogens (tertiary/aromatic N) is 2. The second-order valence-corrected chi connectivity index (χ2v) is 3.88. The van der Waals surface area contributed by atoms with Crippen molar-refractivity contribution >= 4 is 5.91 Å². The molecular formula is C13H15N3O2. The highest BCUT2D eigenvalue weighted by atomic mass is 16.5. The van der Waals surface area contributed by atoms with E-state index in [1.54, 1.807) is 12.5 Å². The van der Waals surface area contributed by atoms with Gasteiger partial charge in [0.15, 0.2) is 0 Å². The summed E-state index contributed by atoms with van der Waals surface area (Å²) >= 11 is 0. The van der Waals surface area contributed by atoms with Gasteiger partial charge in [0, 0.05) is 24.5 Å². The Morgan fingerprint density at radius 1 is 1.33 bits per heavy atom. The summed E-state index contributed by atoms with van der Waals surface area (Å²) in [5, 5.41) is 0. The van der Waals surface area contributed by atoms with Gasteiger partial charge in [0.05, 0.1) is 12.9 Å². The van der Waals surface area contributed by atoms with E-state index in [0.717, 1.165) is 11.4 Å². The average molecular weight is 245 g/mol. The van der Waals surface area contributed by atoms with Crippen LogP contribution in [0.5, 0.6) is 5.75 Å². The van der Waals surface area contributed by atoms with E-state index in [1.165, 1.54) is 0 Å². The van der Waals surface area contributed by atoms with Gasteiger partial charge in [0.1, 0.15) is 5.75 Å². The third-order valence-corrected chi connectivity index (χ3v) is 2.48. The third kappa shape index (κ3) is 3.35. The number of hydrogen-bond donors (Lipinski definition) is 1. The van der Waals surface area contributed by atoms with Crippen molar-refractivity contribution in [2.45, 2.75) is 12.8 Å². The van der Waals surface area contributed by atoms with Crippen LogP contribution in [0.25, 0.3) is 5.69 Å². The Labute approximate surface area is 105 Å². The number of benzene rings is 1. The molecule has 18 heavy (non-hydrogen) atoms. The third-order valence-electron chi connectivity index (χ3n) is 2.48. The van der Waals surface area contributed by atoms with Gasteiger partial charge in [0.25, 0.3) is 0 Å². The molecule has 0 unspecified atom stereocenters. The Morgan fingerprint density at radius 2 is 2.11 bits per heavy atom. The number of carbonyl (C=O) groups is 1. The predicted molar refractivity (Wildman–Crippen MR) is 67.5 cm³/mol. The molecule has 2 rings (SSSR count). The maximum Gasteiger partial charge on any atom is 0.217 e. The van der Waals surface area contributed by atoms with Crippen LogP contribution in [0, 0.1) is 0 Å². The largest absolute Gasteiger partial charge is 0.494 e. The van der Waals surface area contributed by atoms with Gasteiger partial charge in [-0.3, -0.25) is 4.79 Å². The molecule has 5 nitrogen and oxygen atoms in total. The first-order valence-electron chi connectivity index (χ1n) is 5.75. The molecule has 0 spiro atoms. The van der Waals surface area contributed by atoms with Gasteiger partial charge < -0.3 is 15.0 Å². The summed E-state index contributed by atoms with van der Waals surface area (Å²) in [7, 11) is 0. The van der Waals surface area contributed by atoms with Crippen molar-refractivity contribution in [2.75, 3.05) is 6.61 Å². The van der Waals surface area contributed by atoms with Gasteiger partial charge >= 0.3 is 0 Å². The summed E-state index contributed by atoms with van der Waals surface area (Å²) in [5.74, 6) is 0.484. The summed E-state index contributed by atoms with van der Waals surface area (Å²) in [4.78, 5) is 14.5. The maximum absolute atomic E-state index is 10.5. The molecule has 1 amide bonds. The molecule has 0 atom stereocenters. The Kier molecular flexibility index (Phi) is 3.96. The fraction of sp³-hybridized carbons (Fsp3) is 0.231. The van der Waals surface area contributed by atoms with Crippen LogP contribution in [-0.4, -0.2) is 22.1 Å². The minimum atomic E-state index is -0.297. The summed E-state index contributed by atoms with van der Waals surface area (Å²) in [6, 6.07) is 7.68. The fourth-order valence-electron chi connectivity index (χ4n) is 1.56. The molecule has 2 N–H and O–H groups in total. The summed E-state index contributed by atoms with van der Waals surface area (Å²) < 4.78 is 7.41. The first-order chi connectivity index (χ1) is 8.75. The molecule has 0 aliphatic rings. The van der Waals surface area contributed by atoms with Crippen molar-refractivity contribution in [3.8, 4) is 11.4 Å². The van der Waals surface area contributed by atoms with Crippen LogP contribution in [0.4, 0.5) is 0 Å². The van der Waals surface area contributed by atoms with Gasteiger partial charge in [-0.25, -0.2) is 4.98 Å². The molecule has 1 aromatic carbocycles. The van der Waals surface area contributed by atoms with Crippen LogP contribution in [0.1, 0.15) is 12.8 Å². The minimum Gasteiger partial charge on any atom is -0.494 e. The van der Waals surface area contributed by atoms with Crippen molar-refractivity contribution in [3.63, 3.8) is 0 Å². The average Bonchev–Trinajstić information content (AvgIpc) is 2.89. The van der Waals surface area contributed by atoms with Crippen LogP contribution < -0.4 is 10.5 Å². The Bertz CT molecular complexity index is 491. The number of rotatable bonds is 6. The molecular weight excluding hydrogens is 230 g/mol. The highest BCUT2D eigenvalue weighted by Crippen LogP contribution is 2.15. The van der Waals surface area contributed by atoms with Gasteiger partial charge in [0.2, 0.25) is 5.91 Å². The zero-order valence-electron chi connectivity index (χ0n) is 9.95. The number of ether oxygens (including phenoxy) is 1. The van der Waals surface area contributed by atoms with E-state index in [2.05, 4.69) is 4.98 Å². The highest BCUT2D eigenvalue weighted by molar-refractivity contribution is 5.73. The van der Waals surface area contributed by atoms with Crippen LogP contribution in [0.2, 0.25) is 0 Å². The van der Waals surface area contributed by atoms with Crippen LogP contribution in [0.3, 0.4) is 0 Å². The molecule has 0 fully saturated rings. The lowest BCUT2D eigenvalue weighted by molar-refractivity contribution is -0.118. The van der Waals surface area contributed by atoms with Crippen molar-refractivity contribution in [1.82, 2.24) is 9.55 Å². The van der Waals surface area contributed by atoms with E-state index < -0.39 is 0 Å². The van der Waals surface area contributed by atoms with Gasteiger partial charge in [-0.1, -0.05) is 0 Å². The zero-order chi connectivity index (χ0) is 12.8. The topological polar surface area (TPSA) is 70.1 Å². The molecule has 2 aromatic rings. The lowest BCUT2D eigenvalue weighted by Crippen LogP contribution is -2.11. The molecule has 0 saturated carbocycles. The maximum atomic E-state index is 10.5. The second-order valence-electron chi connectivity index (χ2n) is 3.88. The number of carbonyl (C=O) groups excluding carboxylic acids is 1. The summed E-state index contributed by atoms with van der Waals surface area (Å²) in [6.45, 7) is 0.493. The van der Waals surface area contributed by atoms with Crippen LogP contribution in [-0.2, 0) is 4.79 Å². The van der Waals surface area contributed by atoms with Gasteiger partial charge in [-0.2, -0.15) is 0 Å². The monoisotopic (exact) mass is 245 g/mol. The number of primary amides is 1. The number of amides is 1. The molecule has 0 radical (unpaired) electrons. The normalized spacial score (nSPS) is 10.2. The Morgan fingerprint density at radius 3 is 2.72 bits per heavy atom. The van der Waals surface area contributed by atoms with Crippen molar-refractivity contribution in [2.24, 2.45) is 5.73 Å². The number of hydrogen-bond acceptors (Lipinski definition) is 3. The molecule has 1 heterocycles. The van der Waals surface area contributed by atoms with E-state index in [-0.39, 0.29) is 5.91 Å². The number of aromatic nitrogens is 2. The first kappa shape index (κ1) is 12.2. The van der Waals surface area contributed by atoms with E-state index in [4.69, 9.17) is 10.5 Å². The first-order valence-corrected chi connectivity index (χ1v) is 5.75. The molecule has 0 bridgehead atoms. The standard InChI is InChI=1S/C13H15N3O2/c14-13(17)2-1-9-18-12-5-3-11(4-6-12)16-8-7-15-10-16/h3-8,10H,1-2,9H2,(H2,14,17). The second kappa shape index (κ2) is 5.86. The predicted octanol–water partition coefficient (Wildman–Crippen LogP) is 1.52. The molecule has 0 aliphatic heterocycles. The lowest BCUT2D eigenvalue weighted by Gasteiger charge is -2.07. The Hall–Kier alpha value is -2.30. The van der Waals surface area contributed by atoms with Gasteiger partial charge in [-0.15, -0.1) is 0 Å². The number of nitrogens with two attached hydrogens (primary N) is 1. The van der Waals surface area contributed by atoms with Crippen molar-refractivity contribution in [1.29, 1.82) is 0 Å². The van der Waals surface area contributed by atoms with E-state index >= 15 is 0 Å². The SMILES string of the molecule is NC(=O)CCCOc1ccc(-n2ccnc2)cc1. The van der Waals surface area contributed by atoms with Crippen LogP contribution in [0.15, 0.2) is 43.0 Å². The van der Waals surface area contributed by atoms with E-state index in [9.17, 15) is 4.79 Å². The smallest absolute Gasteiger partial charge is 0.217 e. The van der Waals surface area contributed by atoms with Crippen molar-refractivity contribution in [3.05, 3.63) is 43.0 Å². The summed E-state index contributed by atoms with van der Waals surface area (Å²) in [5.41, 5.74) is 6.07. The zero-order valence-corrected chi connectivity index (χ0v) is 9.95. The number of imidazole rings is 1. The quantitative estimate of drug-likeness (QED) is 0.784. The van der Waals surface area contributed by atoms with E-state index in [0.29, 0.717) is 19.4 Å². The lowest BCUT2D eigenvalue weighted by atomic mass is 10.3. The van der Waals surface area contributed by atoms with Gasteiger partial charge in [-0.05, 0) is 30.7 Å². The van der Waals surface area contributed by atoms with E-state index in [1.807, 2.05) is 35.0 Å². The van der Waals surface area contributed by atoms with Crippen LogP contribution >= 0.6 is 0 Å². The minimum absolute atomic E-state index is 0.297. The van der Waals surface area contributed by atoms with Crippen molar-refractivity contribution < 1.29 is 9.53 Å². The fourth-order valence-corrected chi connectivity index (χ4v) is 1.56. The summed E-state index contributed by atoms with van der Waals surface area (Å²) in [6.07, 6.45) is 6.34. The molecule has 5 heteroatoms. The molecule has 0 aliphatic carbocycles. The highest BCUT2D eigenvalue weighted by Gasteiger charge is 1.98. The Balaban J connectivity index is 1.86. The molecule has 1 aromatic heterocycles. The molecule has 0 saturated heterocycles. The molecule has 94 valence electrons.